The quantitative estimate of drug-likeness (QED) is 0.903. The van der Waals surface area contributed by atoms with Gasteiger partial charge in [0.2, 0.25) is 0 Å². The predicted octanol–water partition coefficient (Wildman–Crippen LogP) is 1.78. The van der Waals surface area contributed by atoms with Crippen LogP contribution in [0.5, 0.6) is 0 Å². The minimum absolute atomic E-state index is 0.370. The van der Waals surface area contributed by atoms with Gasteiger partial charge >= 0.3 is 5.97 Å². The van der Waals surface area contributed by atoms with E-state index in [1.165, 1.54) is 16.6 Å². The van der Waals surface area contributed by atoms with E-state index >= 15 is 0 Å². The third-order valence-electron chi connectivity index (χ3n) is 4.92. The van der Waals surface area contributed by atoms with Crippen molar-refractivity contribution in [1.82, 2.24) is 9.47 Å². The van der Waals surface area contributed by atoms with Gasteiger partial charge in [-0.15, -0.1) is 0 Å². The van der Waals surface area contributed by atoms with Crippen molar-refractivity contribution in [2.24, 2.45) is 12.8 Å². The van der Waals surface area contributed by atoms with Crippen LogP contribution in [0.2, 0.25) is 0 Å². The van der Waals surface area contributed by atoms with Crippen molar-refractivity contribution in [1.29, 1.82) is 0 Å². The number of aryl methyl sites for hydroxylation is 1. The molecule has 118 valence electrons. The molecule has 3 N–H and O–H groups in total. The molecule has 1 aromatic heterocycles. The lowest BCUT2D eigenvalue weighted by Gasteiger charge is -2.09. The number of hydrogen-bond acceptors (Lipinski definition) is 3. The van der Waals surface area contributed by atoms with Gasteiger partial charge in [-0.25, -0.2) is 0 Å². The van der Waals surface area contributed by atoms with Crippen LogP contribution in [-0.4, -0.2) is 33.1 Å². The van der Waals surface area contributed by atoms with E-state index in [1.54, 1.807) is 0 Å². The van der Waals surface area contributed by atoms with E-state index in [9.17, 15) is 4.79 Å². The molecule has 2 heterocycles. The first kappa shape index (κ1) is 15.1. The molecule has 0 aliphatic carbocycles. The van der Waals surface area contributed by atoms with E-state index in [4.69, 9.17) is 10.8 Å². The summed E-state index contributed by atoms with van der Waals surface area (Å²) in [4.78, 5) is 13.5. The van der Waals surface area contributed by atoms with Gasteiger partial charge in [-0.3, -0.25) is 9.69 Å². The lowest BCUT2D eigenvalue weighted by molar-refractivity contribution is -0.138. The molecule has 5 nitrogen and oxygen atoms in total. The van der Waals surface area contributed by atoms with Gasteiger partial charge in [-0.2, -0.15) is 0 Å². The Morgan fingerprint density at radius 1 is 1.36 bits per heavy atom. The third kappa shape index (κ3) is 2.30. The molecule has 1 aromatic carbocycles. The highest BCUT2D eigenvalue weighted by Crippen LogP contribution is 2.32. The molecule has 0 saturated heterocycles. The van der Waals surface area contributed by atoms with E-state index in [2.05, 4.69) is 28.5 Å². The van der Waals surface area contributed by atoms with E-state index in [-0.39, 0.29) is 0 Å². The molecule has 0 bridgehead atoms. The SMILES string of the molecule is CCN1Cc2cc3c(CC(N)C(=O)O)c(C)n(C)c3cc2C1. The first-order valence-electron chi connectivity index (χ1n) is 7.72. The molecule has 1 atom stereocenters. The number of aliphatic carboxylic acids is 1. The Kier molecular flexibility index (Phi) is 3.70. The van der Waals surface area contributed by atoms with Crippen molar-refractivity contribution < 1.29 is 9.90 Å². The molecular weight excluding hydrogens is 278 g/mol. The predicted molar refractivity (Wildman–Crippen MR) is 86.8 cm³/mol. The Labute approximate surface area is 130 Å². The van der Waals surface area contributed by atoms with Gasteiger partial charge in [0, 0.05) is 43.2 Å². The Bertz CT molecular complexity index is 748. The van der Waals surface area contributed by atoms with Crippen LogP contribution in [0.1, 0.15) is 29.3 Å². The number of carboxylic acid groups (broad SMARTS) is 1. The molecule has 3 rings (SSSR count). The smallest absolute Gasteiger partial charge is 0.320 e. The highest BCUT2D eigenvalue weighted by atomic mass is 16.4. The van der Waals surface area contributed by atoms with Crippen LogP contribution in [-0.2, 0) is 31.4 Å². The largest absolute Gasteiger partial charge is 0.480 e. The van der Waals surface area contributed by atoms with Gasteiger partial charge in [0.1, 0.15) is 6.04 Å². The van der Waals surface area contributed by atoms with Crippen molar-refractivity contribution in [3.05, 3.63) is 34.5 Å². The number of aromatic nitrogens is 1. The highest BCUT2D eigenvalue weighted by molar-refractivity contribution is 5.88. The molecule has 1 aliphatic heterocycles. The number of nitrogens with two attached hydrogens (primary N) is 1. The molecule has 0 spiro atoms. The van der Waals surface area contributed by atoms with Crippen LogP contribution in [0.4, 0.5) is 0 Å². The monoisotopic (exact) mass is 301 g/mol. The second kappa shape index (κ2) is 5.41. The Balaban J connectivity index is 2.10. The molecule has 0 saturated carbocycles. The van der Waals surface area contributed by atoms with Crippen LogP contribution in [0, 0.1) is 6.92 Å². The van der Waals surface area contributed by atoms with Gasteiger partial charge in [-0.05, 0) is 42.3 Å². The molecule has 0 fully saturated rings. The minimum atomic E-state index is -0.949. The van der Waals surface area contributed by atoms with Gasteiger partial charge < -0.3 is 15.4 Å². The Hall–Kier alpha value is -1.85. The summed E-state index contributed by atoms with van der Waals surface area (Å²) >= 11 is 0. The van der Waals surface area contributed by atoms with Gasteiger partial charge in [0.15, 0.2) is 0 Å². The number of carboxylic acids is 1. The van der Waals surface area contributed by atoms with E-state index < -0.39 is 12.0 Å². The zero-order chi connectivity index (χ0) is 16.0. The molecular formula is C17H23N3O2. The molecule has 22 heavy (non-hydrogen) atoms. The maximum atomic E-state index is 11.1. The minimum Gasteiger partial charge on any atom is -0.480 e. The fraction of sp³-hybridized carbons (Fsp3) is 0.471. The number of carbonyl (C=O) groups is 1. The van der Waals surface area contributed by atoms with Gasteiger partial charge in [0.25, 0.3) is 0 Å². The molecule has 2 aromatic rings. The van der Waals surface area contributed by atoms with Gasteiger partial charge in [0.05, 0.1) is 0 Å². The second-order valence-corrected chi connectivity index (χ2v) is 6.21. The summed E-state index contributed by atoms with van der Waals surface area (Å²) < 4.78 is 2.15. The summed E-state index contributed by atoms with van der Waals surface area (Å²) in [6, 6.07) is 3.63. The van der Waals surface area contributed by atoms with E-state index in [0.29, 0.717) is 6.42 Å². The second-order valence-electron chi connectivity index (χ2n) is 6.21. The average Bonchev–Trinajstić information content (AvgIpc) is 2.99. The van der Waals surface area contributed by atoms with Crippen molar-refractivity contribution in [3.63, 3.8) is 0 Å². The highest BCUT2D eigenvalue weighted by Gasteiger charge is 2.23. The number of hydrogen-bond donors (Lipinski definition) is 2. The Morgan fingerprint density at radius 3 is 2.59 bits per heavy atom. The van der Waals surface area contributed by atoms with Crippen LogP contribution in [0.3, 0.4) is 0 Å². The molecule has 1 unspecified atom stereocenters. The molecule has 0 radical (unpaired) electrons. The van der Waals surface area contributed by atoms with Crippen molar-refractivity contribution in [2.45, 2.75) is 39.4 Å². The van der Waals surface area contributed by atoms with Crippen LogP contribution in [0.15, 0.2) is 12.1 Å². The lowest BCUT2D eigenvalue weighted by Crippen LogP contribution is -2.32. The summed E-state index contributed by atoms with van der Waals surface area (Å²) in [5.74, 6) is -0.949. The van der Waals surface area contributed by atoms with Gasteiger partial charge in [-0.1, -0.05) is 6.92 Å². The molecule has 1 aliphatic rings. The summed E-state index contributed by atoms with van der Waals surface area (Å²) in [6.07, 6.45) is 0.370. The third-order valence-corrected chi connectivity index (χ3v) is 4.92. The van der Waals surface area contributed by atoms with Crippen molar-refractivity contribution in [3.8, 4) is 0 Å². The topological polar surface area (TPSA) is 71.5 Å². The van der Waals surface area contributed by atoms with E-state index in [0.717, 1.165) is 36.3 Å². The maximum absolute atomic E-state index is 11.1. The van der Waals surface area contributed by atoms with E-state index in [1.807, 2.05) is 14.0 Å². The lowest BCUT2D eigenvalue weighted by atomic mass is 10.00. The fourth-order valence-electron chi connectivity index (χ4n) is 3.39. The zero-order valence-corrected chi connectivity index (χ0v) is 13.4. The maximum Gasteiger partial charge on any atom is 0.320 e. The molecule has 0 amide bonds. The number of rotatable bonds is 4. The van der Waals surface area contributed by atoms with Crippen LogP contribution >= 0.6 is 0 Å². The standard InChI is InChI=1S/C17H23N3O2/c1-4-20-8-11-5-14-13(7-15(18)17(21)22)10(2)19(3)16(14)6-12(11)9-20/h5-6,15H,4,7-9,18H2,1-3H3,(H,21,22). The summed E-state index contributed by atoms with van der Waals surface area (Å²) in [5.41, 5.74) is 11.8. The zero-order valence-electron chi connectivity index (χ0n) is 13.4. The first-order chi connectivity index (χ1) is 10.4. The summed E-state index contributed by atoms with van der Waals surface area (Å²) in [6.45, 7) is 7.22. The first-order valence-corrected chi connectivity index (χ1v) is 7.72. The fourth-order valence-corrected chi connectivity index (χ4v) is 3.39. The number of benzene rings is 1. The van der Waals surface area contributed by atoms with Crippen LogP contribution in [0.25, 0.3) is 10.9 Å². The molecule has 5 heteroatoms. The van der Waals surface area contributed by atoms with Crippen LogP contribution < -0.4 is 5.73 Å². The normalized spacial score (nSPS) is 16.2. The van der Waals surface area contributed by atoms with Crippen molar-refractivity contribution in [2.75, 3.05) is 6.54 Å². The number of fused-ring (bicyclic) bond motifs is 2. The number of nitrogens with zero attached hydrogens (tertiary/aromatic N) is 2. The summed E-state index contributed by atoms with van der Waals surface area (Å²) in [5, 5.41) is 10.2. The summed E-state index contributed by atoms with van der Waals surface area (Å²) in [7, 11) is 2.03. The Morgan fingerprint density at radius 2 is 2.00 bits per heavy atom. The van der Waals surface area contributed by atoms with Crippen molar-refractivity contribution >= 4 is 16.9 Å². The average molecular weight is 301 g/mol.